The molecule has 6 aromatic rings. The van der Waals surface area contributed by atoms with Gasteiger partial charge in [0, 0.05) is 92.5 Å². The number of hydrogen-bond donors (Lipinski definition) is 6. The van der Waals surface area contributed by atoms with E-state index >= 15 is 0 Å². The highest BCUT2D eigenvalue weighted by molar-refractivity contribution is 5.99. The molecular formula is C50H59N19O7. The van der Waals surface area contributed by atoms with E-state index in [4.69, 9.17) is 26.7 Å². The van der Waals surface area contributed by atoms with Gasteiger partial charge in [-0.2, -0.15) is 9.97 Å². The minimum atomic E-state index is -0.777. The largest absolute Gasteiger partial charge is 0.378 e. The number of carbonyl (C=O) groups is 5. The molecule has 76 heavy (non-hydrogen) atoms. The first-order valence-electron chi connectivity index (χ1n) is 25.4. The van der Waals surface area contributed by atoms with Crippen LogP contribution >= 0.6 is 0 Å². The Balaban J connectivity index is 0.000000186. The van der Waals surface area contributed by atoms with Crippen LogP contribution in [-0.4, -0.2) is 176 Å². The maximum absolute atomic E-state index is 13.2. The van der Waals surface area contributed by atoms with E-state index in [1.165, 1.54) is 0 Å². The predicted molar refractivity (Wildman–Crippen MR) is 278 cm³/mol. The number of rotatable bonds is 13. The fraction of sp³-hybridized carbons (Fsp3) is 0.420. The number of morpholine rings is 2. The summed E-state index contributed by atoms with van der Waals surface area (Å²) in [6.07, 6.45) is 5.67. The molecular weight excluding hydrogens is 979 g/mol. The van der Waals surface area contributed by atoms with Crippen LogP contribution in [0.15, 0.2) is 66.7 Å². The van der Waals surface area contributed by atoms with Gasteiger partial charge < -0.3 is 62.2 Å². The van der Waals surface area contributed by atoms with Crippen LogP contribution in [0.25, 0.3) is 11.0 Å². The van der Waals surface area contributed by atoms with Crippen molar-refractivity contribution in [1.82, 2.24) is 60.5 Å². The Kier molecular flexibility index (Phi) is 15.4. The van der Waals surface area contributed by atoms with E-state index in [-0.39, 0.29) is 52.8 Å². The number of hydrogen-bond acceptors (Lipinski definition) is 20. The molecule has 1 aliphatic carbocycles. The SMILES string of the molecule is NC(=O)c1nnc(N2CCC[C@@H](N)C2)nc1Nc1ccc(C(=O)N2CCOCC2)cc1.NC(=O)c1nnc(N2CCC[C@@H](NC(=O)c3ccc4c(c3)nnn4C3CC3)C2)nc1Nc1ccc(C(=O)N2CCOCC2)cc1. The fourth-order valence-corrected chi connectivity index (χ4v) is 9.38. The molecule has 26 heteroatoms. The second kappa shape index (κ2) is 23.0. The third-order valence-electron chi connectivity index (χ3n) is 13.6. The number of primary amides is 2. The first-order chi connectivity index (χ1) is 36.9. The van der Waals surface area contributed by atoms with Gasteiger partial charge in [-0.05, 0) is 105 Å². The van der Waals surface area contributed by atoms with Crippen LogP contribution < -0.4 is 43.0 Å². The number of anilines is 6. The highest BCUT2D eigenvalue weighted by atomic mass is 16.5. The first-order valence-corrected chi connectivity index (χ1v) is 25.4. The summed E-state index contributed by atoms with van der Waals surface area (Å²) < 4.78 is 12.6. The molecule has 2 atom stereocenters. The number of nitrogens with one attached hydrogen (secondary N) is 3. The summed E-state index contributed by atoms with van der Waals surface area (Å²) in [6.45, 7) is 6.91. The van der Waals surface area contributed by atoms with Crippen molar-refractivity contribution in [2.45, 2.75) is 56.7 Å². The zero-order valence-electron chi connectivity index (χ0n) is 41.7. The van der Waals surface area contributed by atoms with E-state index in [1.807, 2.05) is 20.5 Å². The number of ether oxygens (including phenoxy) is 2. The van der Waals surface area contributed by atoms with E-state index in [9.17, 15) is 24.0 Å². The highest BCUT2D eigenvalue weighted by Gasteiger charge is 2.29. The minimum Gasteiger partial charge on any atom is -0.378 e. The van der Waals surface area contributed by atoms with E-state index in [0.29, 0.717) is 124 Å². The lowest BCUT2D eigenvalue weighted by atomic mass is 10.1. The molecule has 11 rings (SSSR count). The van der Waals surface area contributed by atoms with Crippen LogP contribution in [-0.2, 0) is 9.47 Å². The monoisotopic (exact) mass is 1040 g/mol. The van der Waals surface area contributed by atoms with Crippen LogP contribution in [0, 0.1) is 0 Å². The first kappa shape index (κ1) is 51.0. The molecule has 4 saturated heterocycles. The molecule has 396 valence electrons. The van der Waals surface area contributed by atoms with Crippen LogP contribution in [0.1, 0.15) is 96.6 Å². The van der Waals surface area contributed by atoms with Crippen LogP contribution in [0.5, 0.6) is 0 Å². The Hall–Kier alpha value is -8.49. The van der Waals surface area contributed by atoms with Crippen molar-refractivity contribution in [2.75, 3.05) is 99.2 Å². The Bertz CT molecular complexity index is 3090. The molecule has 5 fully saturated rings. The van der Waals surface area contributed by atoms with Gasteiger partial charge in [-0.1, -0.05) is 5.21 Å². The van der Waals surface area contributed by atoms with Gasteiger partial charge >= 0.3 is 0 Å². The number of benzene rings is 3. The van der Waals surface area contributed by atoms with Gasteiger partial charge in [-0.15, -0.1) is 25.5 Å². The Morgan fingerprint density at radius 3 is 1.57 bits per heavy atom. The topological polar surface area (TPSA) is 339 Å². The zero-order valence-corrected chi connectivity index (χ0v) is 41.7. The van der Waals surface area contributed by atoms with Crippen LogP contribution in [0.3, 0.4) is 0 Å². The standard InChI is InChI=1S/C30H33N11O4.C20H26N8O3/c31-26(42)25-27(32-20-6-3-18(4-7-20)29(44)39-12-14-45-15-13-39)34-30(37-36-25)40-11-1-2-21(17-40)33-28(43)19-5-10-24-23(16-19)35-38-41(24)22-8-9-22;21-14-2-1-7-28(12-14)20-24-18(16(17(22)29)25-26-20)23-15-5-3-13(4-6-15)19(30)27-8-10-31-11-9-27/h3-7,10,16,21-22H,1-2,8-9,11-15,17H2,(H2,31,42)(H,33,43)(H,32,34,37);3-6,14H,1-2,7-12,21H2,(H2,22,29)(H,23,24,26)/t21-;14-/m11/s1. The van der Waals surface area contributed by atoms with Gasteiger partial charge in [0.05, 0.1) is 38.0 Å². The van der Waals surface area contributed by atoms with Crippen molar-refractivity contribution >= 4 is 75.5 Å². The minimum absolute atomic E-state index is 0.0416. The van der Waals surface area contributed by atoms with E-state index in [1.54, 1.807) is 70.5 Å². The van der Waals surface area contributed by atoms with Gasteiger partial charge in [0.2, 0.25) is 11.9 Å². The Morgan fingerprint density at radius 2 is 1.07 bits per heavy atom. The second-order valence-corrected chi connectivity index (χ2v) is 19.1. The fourth-order valence-electron chi connectivity index (χ4n) is 9.38. The third kappa shape index (κ3) is 12.0. The molecule has 26 nitrogen and oxygen atoms in total. The number of amides is 5. The quantitative estimate of drug-likeness (QED) is 0.0960. The normalized spacial score (nSPS) is 18.8. The maximum Gasteiger partial charge on any atom is 0.273 e. The zero-order chi connectivity index (χ0) is 52.7. The van der Waals surface area contributed by atoms with E-state index < -0.39 is 11.8 Å². The second-order valence-electron chi connectivity index (χ2n) is 19.1. The van der Waals surface area contributed by atoms with Crippen molar-refractivity contribution in [3.05, 3.63) is 94.8 Å². The van der Waals surface area contributed by atoms with Crippen molar-refractivity contribution in [3.8, 4) is 0 Å². The lowest BCUT2D eigenvalue weighted by molar-refractivity contribution is 0.0301. The van der Waals surface area contributed by atoms with E-state index in [0.717, 1.165) is 50.6 Å². The lowest BCUT2D eigenvalue weighted by Gasteiger charge is -2.33. The number of nitrogens with two attached hydrogens (primary N) is 3. The van der Waals surface area contributed by atoms with Gasteiger partial charge in [-0.25, -0.2) is 4.68 Å². The van der Waals surface area contributed by atoms with Gasteiger partial charge in [0.15, 0.2) is 23.0 Å². The van der Waals surface area contributed by atoms with Gasteiger partial charge in [0.1, 0.15) is 5.52 Å². The molecule has 4 aliphatic heterocycles. The average Bonchev–Trinajstić information content (AvgIpc) is 4.22. The molecule has 0 unspecified atom stereocenters. The molecule has 9 N–H and O–H groups in total. The van der Waals surface area contributed by atoms with Crippen molar-refractivity contribution in [2.24, 2.45) is 17.2 Å². The number of fused-ring (bicyclic) bond motifs is 1. The van der Waals surface area contributed by atoms with Crippen LogP contribution in [0.2, 0.25) is 0 Å². The van der Waals surface area contributed by atoms with Crippen LogP contribution in [0.4, 0.5) is 34.9 Å². The lowest BCUT2D eigenvalue weighted by Crippen LogP contribution is -2.48. The molecule has 0 radical (unpaired) electrons. The van der Waals surface area contributed by atoms with Crippen molar-refractivity contribution in [1.29, 1.82) is 0 Å². The summed E-state index contributed by atoms with van der Waals surface area (Å²) >= 11 is 0. The summed E-state index contributed by atoms with van der Waals surface area (Å²) in [5.74, 6) is -0.749. The molecule has 0 bridgehead atoms. The Labute approximate surface area is 436 Å². The van der Waals surface area contributed by atoms with Gasteiger partial charge in [-0.3, -0.25) is 24.0 Å². The average molecular weight is 1040 g/mol. The Morgan fingerprint density at radius 1 is 0.566 bits per heavy atom. The highest BCUT2D eigenvalue weighted by Crippen LogP contribution is 2.36. The molecule has 7 heterocycles. The number of piperidine rings is 2. The predicted octanol–water partition coefficient (Wildman–Crippen LogP) is 1.78. The number of carbonyl (C=O) groups excluding carboxylic acids is 5. The molecule has 0 spiro atoms. The third-order valence-corrected chi connectivity index (χ3v) is 13.6. The number of nitrogens with zero attached hydrogens (tertiary/aromatic N) is 13. The smallest absolute Gasteiger partial charge is 0.273 e. The summed E-state index contributed by atoms with van der Waals surface area (Å²) in [5, 5.41) is 34.1. The van der Waals surface area contributed by atoms with Crippen molar-refractivity contribution < 1.29 is 33.4 Å². The summed E-state index contributed by atoms with van der Waals surface area (Å²) in [7, 11) is 0. The van der Waals surface area contributed by atoms with E-state index in [2.05, 4.69) is 56.6 Å². The summed E-state index contributed by atoms with van der Waals surface area (Å²) in [5.41, 5.74) is 21.4. The summed E-state index contributed by atoms with van der Waals surface area (Å²) in [4.78, 5) is 79.0. The number of aromatic nitrogens is 9. The van der Waals surface area contributed by atoms with Crippen molar-refractivity contribution in [3.63, 3.8) is 0 Å². The van der Waals surface area contributed by atoms with Gasteiger partial charge in [0.25, 0.3) is 29.5 Å². The molecule has 5 amide bonds. The molecule has 3 aromatic heterocycles. The molecule has 1 saturated carbocycles. The molecule has 5 aliphatic rings. The summed E-state index contributed by atoms with van der Waals surface area (Å²) in [6, 6.07) is 19.6. The molecule has 3 aromatic carbocycles. The maximum atomic E-state index is 13.2.